The summed E-state index contributed by atoms with van der Waals surface area (Å²) < 4.78 is 5.58. The second-order valence-electron chi connectivity index (χ2n) is 4.94. The first-order chi connectivity index (χ1) is 9.34. The Kier molecular flexibility index (Phi) is 3.47. The molecule has 2 aliphatic rings. The van der Waals surface area contributed by atoms with E-state index >= 15 is 0 Å². The van der Waals surface area contributed by atoms with Crippen molar-refractivity contribution in [1.29, 1.82) is 0 Å². The van der Waals surface area contributed by atoms with Crippen LogP contribution in [0.2, 0.25) is 0 Å². The zero-order valence-corrected chi connectivity index (χ0v) is 10.7. The Morgan fingerprint density at radius 2 is 2.00 bits per heavy atom. The predicted octanol–water partition coefficient (Wildman–Crippen LogP) is 2.38. The third kappa shape index (κ3) is 2.61. The smallest absolute Gasteiger partial charge is 0.320 e. The Hall–Kier alpha value is -1.87. The number of carbonyl (C=O) groups excluding carboxylic acids is 1. The molecule has 0 spiro atoms. The fourth-order valence-electron chi connectivity index (χ4n) is 2.72. The first kappa shape index (κ1) is 12.2. The molecule has 0 saturated carbocycles. The van der Waals surface area contributed by atoms with Crippen molar-refractivity contribution in [3.05, 3.63) is 60.2 Å². The van der Waals surface area contributed by atoms with Gasteiger partial charge in [-0.05, 0) is 17.9 Å². The van der Waals surface area contributed by atoms with Gasteiger partial charge in [0.15, 0.2) is 0 Å². The number of hydrogen-bond donors (Lipinski definition) is 1. The van der Waals surface area contributed by atoms with Crippen LogP contribution >= 0.6 is 0 Å². The highest BCUT2D eigenvalue weighted by Crippen LogP contribution is 2.31. The second kappa shape index (κ2) is 5.41. The molecule has 3 heteroatoms. The maximum atomic E-state index is 11.6. The largest absolute Gasteiger partial charge is 0.455 e. The van der Waals surface area contributed by atoms with Gasteiger partial charge in [0.05, 0.1) is 12.6 Å². The summed E-state index contributed by atoms with van der Waals surface area (Å²) in [6.07, 6.45) is 9.24. The average Bonchev–Trinajstić information content (AvgIpc) is 2.49. The van der Waals surface area contributed by atoms with Gasteiger partial charge >= 0.3 is 5.97 Å². The SMILES string of the molecule is O=C1CN[C@@H](C2C=CC=CC2)[C@@H](c2ccccc2)O1. The van der Waals surface area contributed by atoms with Crippen LogP contribution in [0.15, 0.2) is 54.6 Å². The highest BCUT2D eigenvalue weighted by molar-refractivity contribution is 5.73. The van der Waals surface area contributed by atoms with E-state index in [9.17, 15) is 4.79 Å². The van der Waals surface area contributed by atoms with Crippen molar-refractivity contribution in [2.45, 2.75) is 18.6 Å². The molecule has 3 atom stereocenters. The van der Waals surface area contributed by atoms with E-state index in [1.165, 1.54) is 0 Å². The summed E-state index contributed by atoms with van der Waals surface area (Å²) in [4.78, 5) is 11.6. The summed E-state index contributed by atoms with van der Waals surface area (Å²) in [7, 11) is 0. The number of rotatable bonds is 2. The lowest BCUT2D eigenvalue weighted by Crippen LogP contribution is -2.49. The van der Waals surface area contributed by atoms with Gasteiger partial charge in [0, 0.05) is 0 Å². The monoisotopic (exact) mass is 255 g/mol. The van der Waals surface area contributed by atoms with Crippen LogP contribution in [0.1, 0.15) is 18.1 Å². The Morgan fingerprint density at radius 3 is 2.74 bits per heavy atom. The summed E-state index contributed by atoms with van der Waals surface area (Å²) in [5, 5.41) is 3.33. The van der Waals surface area contributed by atoms with E-state index in [1.54, 1.807) is 0 Å². The zero-order valence-electron chi connectivity index (χ0n) is 10.7. The van der Waals surface area contributed by atoms with Gasteiger partial charge in [-0.3, -0.25) is 10.1 Å². The number of benzene rings is 1. The van der Waals surface area contributed by atoms with Gasteiger partial charge in [-0.2, -0.15) is 0 Å². The maximum absolute atomic E-state index is 11.6. The van der Waals surface area contributed by atoms with Crippen LogP contribution in [0.3, 0.4) is 0 Å². The highest BCUT2D eigenvalue weighted by Gasteiger charge is 2.35. The molecule has 0 radical (unpaired) electrons. The fraction of sp³-hybridized carbons (Fsp3) is 0.312. The van der Waals surface area contributed by atoms with E-state index < -0.39 is 0 Å². The number of cyclic esters (lactones) is 1. The fourth-order valence-corrected chi connectivity index (χ4v) is 2.72. The molecule has 0 bridgehead atoms. The molecule has 1 fully saturated rings. The summed E-state index contributed by atoms with van der Waals surface area (Å²) in [5.41, 5.74) is 1.05. The van der Waals surface area contributed by atoms with Crippen molar-refractivity contribution in [3.8, 4) is 0 Å². The Bertz CT molecular complexity index is 507. The Morgan fingerprint density at radius 1 is 1.16 bits per heavy atom. The molecule has 0 aromatic heterocycles. The third-order valence-electron chi connectivity index (χ3n) is 3.67. The highest BCUT2D eigenvalue weighted by atomic mass is 16.5. The predicted molar refractivity (Wildman–Crippen MR) is 73.5 cm³/mol. The van der Waals surface area contributed by atoms with Crippen LogP contribution in [0.4, 0.5) is 0 Å². The Labute approximate surface area is 113 Å². The molecule has 3 nitrogen and oxygen atoms in total. The molecule has 3 rings (SSSR count). The van der Waals surface area contributed by atoms with Crippen LogP contribution in [-0.2, 0) is 9.53 Å². The lowest BCUT2D eigenvalue weighted by atomic mass is 9.85. The number of carbonyl (C=O) groups is 1. The van der Waals surface area contributed by atoms with Gasteiger partial charge in [0.2, 0.25) is 0 Å². The van der Waals surface area contributed by atoms with Crippen LogP contribution in [0, 0.1) is 5.92 Å². The van der Waals surface area contributed by atoms with E-state index in [4.69, 9.17) is 4.74 Å². The number of esters is 1. The molecule has 1 unspecified atom stereocenters. The number of hydrogen-bond acceptors (Lipinski definition) is 3. The minimum absolute atomic E-state index is 0.140. The lowest BCUT2D eigenvalue weighted by molar-refractivity contribution is -0.156. The first-order valence-electron chi connectivity index (χ1n) is 6.66. The topological polar surface area (TPSA) is 38.3 Å². The number of allylic oxidation sites excluding steroid dienone is 3. The van der Waals surface area contributed by atoms with Crippen LogP contribution < -0.4 is 5.32 Å². The molecule has 1 aromatic carbocycles. The third-order valence-corrected chi connectivity index (χ3v) is 3.67. The molecule has 1 aromatic rings. The van der Waals surface area contributed by atoms with Gasteiger partial charge in [0.25, 0.3) is 0 Å². The molecule has 0 amide bonds. The summed E-state index contributed by atoms with van der Waals surface area (Å²) in [6, 6.07) is 10.1. The summed E-state index contributed by atoms with van der Waals surface area (Å²) in [5.74, 6) is 0.184. The molecule has 19 heavy (non-hydrogen) atoms. The van der Waals surface area contributed by atoms with Crippen molar-refractivity contribution in [1.82, 2.24) is 5.32 Å². The molecule has 1 heterocycles. The molecular weight excluding hydrogens is 238 g/mol. The van der Waals surface area contributed by atoms with Crippen LogP contribution in [-0.4, -0.2) is 18.6 Å². The first-order valence-corrected chi connectivity index (χ1v) is 6.66. The minimum Gasteiger partial charge on any atom is -0.455 e. The molecule has 1 aliphatic heterocycles. The quantitative estimate of drug-likeness (QED) is 0.825. The van der Waals surface area contributed by atoms with Gasteiger partial charge in [-0.25, -0.2) is 0 Å². The average molecular weight is 255 g/mol. The lowest BCUT2D eigenvalue weighted by Gasteiger charge is -2.36. The normalized spacial score (nSPS) is 30.1. The molecule has 1 N–H and O–H groups in total. The van der Waals surface area contributed by atoms with E-state index in [1.807, 2.05) is 30.3 Å². The summed E-state index contributed by atoms with van der Waals surface area (Å²) >= 11 is 0. The molecular formula is C16H17NO2. The van der Waals surface area contributed by atoms with Crippen molar-refractivity contribution < 1.29 is 9.53 Å². The van der Waals surface area contributed by atoms with Crippen molar-refractivity contribution in [2.75, 3.05) is 6.54 Å². The van der Waals surface area contributed by atoms with Gasteiger partial charge in [0.1, 0.15) is 6.10 Å². The van der Waals surface area contributed by atoms with Crippen LogP contribution in [0.25, 0.3) is 0 Å². The van der Waals surface area contributed by atoms with Gasteiger partial charge < -0.3 is 4.74 Å². The van der Waals surface area contributed by atoms with Crippen molar-refractivity contribution in [2.24, 2.45) is 5.92 Å². The van der Waals surface area contributed by atoms with Crippen LogP contribution in [0.5, 0.6) is 0 Å². The molecule has 1 aliphatic carbocycles. The van der Waals surface area contributed by atoms with E-state index in [0.717, 1.165) is 12.0 Å². The van der Waals surface area contributed by atoms with Gasteiger partial charge in [-0.15, -0.1) is 0 Å². The molecule has 1 saturated heterocycles. The molecule has 98 valence electrons. The van der Waals surface area contributed by atoms with E-state index in [0.29, 0.717) is 12.5 Å². The van der Waals surface area contributed by atoms with Crippen molar-refractivity contribution in [3.63, 3.8) is 0 Å². The number of morpholine rings is 1. The second-order valence-corrected chi connectivity index (χ2v) is 4.94. The summed E-state index contributed by atoms with van der Waals surface area (Å²) in [6.45, 7) is 0.294. The number of ether oxygens (including phenoxy) is 1. The number of nitrogens with one attached hydrogen (secondary N) is 1. The Balaban J connectivity index is 1.86. The van der Waals surface area contributed by atoms with Crippen molar-refractivity contribution >= 4 is 5.97 Å². The maximum Gasteiger partial charge on any atom is 0.320 e. The zero-order chi connectivity index (χ0) is 13.1. The standard InChI is InChI=1S/C16H17NO2/c18-14-11-17-15(12-7-3-1-4-8-12)16(19-14)13-9-5-2-6-10-13/h1-7,9-10,12,15-17H,8,11H2/t12?,15-,16+/m0/s1. The van der Waals surface area contributed by atoms with E-state index in [2.05, 4.69) is 29.6 Å². The minimum atomic E-state index is -0.205. The van der Waals surface area contributed by atoms with E-state index in [-0.39, 0.29) is 18.1 Å². The van der Waals surface area contributed by atoms with Gasteiger partial charge in [-0.1, -0.05) is 54.6 Å².